The second-order valence-electron chi connectivity index (χ2n) is 16.6. The summed E-state index contributed by atoms with van der Waals surface area (Å²) in [7, 11) is 0. The van der Waals surface area contributed by atoms with Crippen molar-refractivity contribution in [1.82, 2.24) is 10.3 Å². The molecule has 0 bridgehead atoms. The molecule has 1 fully saturated rings. The highest BCUT2D eigenvalue weighted by Gasteiger charge is 2.23. The average Bonchev–Trinajstić information content (AvgIpc) is 3.35. The number of hydrogen-bond donors (Lipinski definition) is 3. The lowest BCUT2D eigenvalue weighted by atomic mass is 9.87. The predicted octanol–water partition coefficient (Wildman–Crippen LogP) is 9.56. The molecule has 0 unspecified atom stereocenters. The van der Waals surface area contributed by atoms with Gasteiger partial charge in [0, 0.05) is 58.9 Å². The van der Waals surface area contributed by atoms with E-state index in [0.717, 1.165) is 79.7 Å². The molecule has 4 aromatic carbocycles. The number of pyridine rings is 1. The second kappa shape index (κ2) is 25.9. The van der Waals surface area contributed by atoms with Crippen LogP contribution in [0.1, 0.15) is 94.0 Å². The fourth-order valence-corrected chi connectivity index (χ4v) is 9.24. The number of rotatable bonds is 25. The lowest BCUT2D eigenvalue weighted by molar-refractivity contribution is -0.138. The number of nitrogens with one attached hydrogen (secondary N) is 2. The number of carboxylic acid groups (broad SMARTS) is 1. The number of fused-ring (bicyclic) bond motifs is 1. The molecular weight excluding hydrogens is 853 g/mol. The minimum Gasteiger partial charge on any atom is -0.481 e. The van der Waals surface area contributed by atoms with E-state index in [0.29, 0.717) is 74.5 Å². The van der Waals surface area contributed by atoms with Gasteiger partial charge in [0.25, 0.3) is 11.8 Å². The fourth-order valence-electron chi connectivity index (χ4n) is 8.32. The summed E-state index contributed by atoms with van der Waals surface area (Å²) in [6.45, 7) is 5.45. The third-order valence-electron chi connectivity index (χ3n) is 11.8. The van der Waals surface area contributed by atoms with Crippen molar-refractivity contribution in [1.29, 1.82) is 0 Å². The van der Waals surface area contributed by atoms with Crippen LogP contribution in [0.5, 0.6) is 0 Å². The number of piperidine rings is 1. The van der Waals surface area contributed by atoms with Crippen molar-refractivity contribution in [2.75, 3.05) is 76.2 Å². The maximum absolute atomic E-state index is 14.0. The van der Waals surface area contributed by atoms with Gasteiger partial charge in [0.2, 0.25) is 0 Å². The van der Waals surface area contributed by atoms with E-state index in [1.165, 1.54) is 23.1 Å². The Hall–Kier alpha value is -5.57. The largest absolute Gasteiger partial charge is 0.481 e. The third kappa shape index (κ3) is 15.0. The first kappa shape index (κ1) is 48.4. The van der Waals surface area contributed by atoms with Crippen LogP contribution in [0.15, 0.2) is 114 Å². The summed E-state index contributed by atoms with van der Waals surface area (Å²) >= 11 is 1.74. The van der Waals surface area contributed by atoms with Gasteiger partial charge < -0.3 is 39.6 Å². The van der Waals surface area contributed by atoms with Crippen LogP contribution in [0.4, 0.5) is 11.4 Å². The second-order valence-corrected chi connectivity index (χ2v) is 17.7. The van der Waals surface area contributed by atoms with Crippen molar-refractivity contribution in [2.24, 2.45) is 0 Å². The van der Waals surface area contributed by atoms with E-state index in [9.17, 15) is 14.4 Å². The first-order valence-corrected chi connectivity index (χ1v) is 24.3. The van der Waals surface area contributed by atoms with Crippen molar-refractivity contribution in [3.05, 3.63) is 143 Å². The number of carboxylic acids is 1. The first-order valence-electron chi connectivity index (χ1n) is 23.3. The maximum atomic E-state index is 14.0. The normalized spacial score (nSPS) is 14.7. The molecule has 0 spiro atoms. The lowest BCUT2D eigenvalue weighted by Crippen LogP contribution is -2.31. The van der Waals surface area contributed by atoms with Crippen molar-refractivity contribution in [3.8, 4) is 11.3 Å². The molecule has 348 valence electrons. The van der Waals surface area contributed by atoms with Crippen LogP contribution < -0.4 is 15.5 Å². The van der Waals surface area contributed by atoms with Gasteiger partial charge in [0.05, 0.1) is 70.1 Å². The molecule has 3 N–H and O–H groups in total. The number of thioether (sulfide) groups is 1. The molecule has 13 heteroatoms. The quantitative estimate of drug-likeness (QED) is 0.0380. The van der Waals surface area contributed by atoms with Crippen LogP contribution in [-0.4, -0.2) is 93.8 Å². The van der Waals surface area contributed by atoms with Crippen LogP contribution in [-0.2, 0) is 42.3 Å². The Morgan fingerprint density at radius 3 is 2.23 bits per heavy atom. The molecular formula is C53H62N4O8S. The van der Waals surface area contributed by atoms with Gasteiger partial charge in [-0.15, -0.1) is 11.8 Å². The number of aliphatic carboxylic acids is 1. The van der Waals surface area contributed by atoms with Gasteiger partial charge in [-0.05, 0) is 128 Å². The monoisotopic (exact) mass is 914 g/mol. The number of benzene rings is 4. The predicted molar refractivity (Wildman–Crippen MR) is 260 cm³/mol. The van der Waals surface area contributed by atoms with E-state index in [1.54, 1.807) is 24.0 Å². The molecule has 2 amide bonds. The Labute approximate surface area is 392 Å². The molecule has 1 aromatic heterocycles. The Morgan fingerprint density at radius 2 is 1.42 bits per heavy atom. The van der Waals surface area contributed by atoms with Crippen LogP contribution >= 0.6 is 11.8 Å². The number of hydrogen-bond acceptors (Lipinski definition) is 10. The lowest BCUT2D eigenvalue weighted by Gasteiger charge is -2.29. The highest BCUT2D eigenvalue weighted by Crippen LogP contribution is 2.34. The zero-order valence-corrected chi connectivity index (χ0v) is 38.5. The minimum absolute atomic E-state index is 0.00811. The smallest absolute Gasteiger partial charge is 0.305 e. The highest BCUT2D eigenvalue weighted by atomic mass is 32.2. The summed E-state index contributed by atoms with van der Waals surface area (Å²) in [5.74, 6) is -0.516. The number of aryl methyl sites for hydroxylation is 2. The molecule has 0 radical (unpaired) electrons. The molecule has 5 aromatic rings. The molecule has 0 saturated carbocycles. The highest BCUT2D eigenvalue weighted by molar-refractivity contribution is 7.98. The van der Waals surface area contributed by atoms with Gasteiger partial charge in [-0.25, -0.2) is 0 Å². The van der Waals surface area contributed by atoms with Crippen molar-refractivity contribution in [3.63, 3.8) is 0 Å². The van der Waals surface area contributed by atoms with E-state index in [4.69, 9.17) is 29.0 Å². The topological polar surface area (TPSA) is 149 Å². The molecule has 2 heterocycles. The molecule has 7 rings (SSSR count). The summed E-state index contributed by atoms with van der Waals surface area (Å²) in [6, 6.07) is 34.4. The van der Waals surface area contributed by atoms with E-state index < -0.39 is 5.97 Å². The van der Waals surface area contributed by atoms with Crippen LogP contribution in [0.25, 0.3) is 11.3 Å². The molecule has 1 atom stereocenters. The standard InChI is InChI=1S/C53H62N4O8S/c58-51(59)22-27-63-29-31-65-33-32-64-30-28-62-26-9-12-39-10-7-16-45(35-39)66-38-40-11-6-15-42(34-40)52(60)56-49-20-19-44(57-24-4-1-5-25-57)37-47(49)50-36-43(21-23-54-50)53(61)55-48-18-8-14-41-13-2-3-17-46(41)48/h2-3,6-7,10-11,13,15-17,19-21,23,34-37,48H,1,4-5,8-9,12,14,18,22,24-33,38H2,(H,55,61)(H,56,60)(H,58,59)/t48-/m0/s1. The number of carbonyl (C=O) groups excluding carboxylic acids is 2. The molecule has 12 nitrogen and oxygen atoms in total. The third-order valence-corrected chi connectivity index (χ3v) is 12.8. The summed E-state index contributed by atoms with van der Waals surface area (Å²) < 4.78 is 21.9. The van der Waals surface area contributed by atoms with Crippen LogP contribution in [0, 0.1) is 0 Å². The molecule has 1 aliphatic carbocycles. The number of amides is 2. The van der Waals surface area contributed by atoms with Gasteiger partial charge >= 0.3 is 5.97 Å². The Balaban J connectivity index is 0.901. The van der Waals surface area contributed by atoms with E-state index in [1.807, 2.05) is 36.4 Å². The summed E-state index contributed by atoms with van der Waals surface area (Å²) in [5, 5.41) is 15.1. The SMILES string of the molecule is O=C(O)CCOCCOCCOCCOCCCc1cccc(SCc2cccc(C(=O)Nc3ccc(N4CCCCC4)cc3-c3cc(C(=O)N[C@H]4CCCc5ccccc54)ccn3)c2)c1. The molecule has 1 saturated heterocycles. The summed E-state index contributed by atoms with van der Waals surface area (Å²) in [5.41, 5.74) is 8.98. The number of anilines is 2. The first-order chi connectivity index (χ1) is 32.4. The molecule has 1 aliphatic heterocycles. The fraction of sp³-hybridized carbons (Fsp3) is 0.396. The van der Waals surface area contributed by atoms with Crippen molar-refractivity contribution in [2.45, 2.75) is 74.5 Å². The van der Waals surface area contributed by atoms with Crippen LogP contribution in [0.3, 0.4) is 0 Å². The van der Waals surface area contributed by atoms with E-state index >= 15 is 0 Å². The Morgan fingerprint density at radius 1 is 0.697 bits per heavy atom. The van der Waals surface area contributed by atoms with Crippen molar-refractivity contribution < 1.29 is 38.4 Å². The number of carbonyl (C=O) groups is 3. The van der Waals surface area contributed by atoms with Gasteiger partial charge in [0.1, 0.15) is 0 Å². The summed E-state index contributed by atoms with van der Waals surface area (Å²) in [4.78, 5) is 46.5. The minimum atomic E-state index is -0.875. The zero-order chi connectivity index (χ0) is 45.8. The van der Waals surface area contributed by atoms with Crippen LogP contribution in [0.2, 0.25) is 0 Å². The van der Waals surface area contributed by atoms with Gasteiger partial charge in [-0.1, -0.05) is 48.5 Å². The molecule has 66 heavy (non-hydrogen) atoms. The van der Waals surface area contributed by atoms with Gasteiger partial charge in [0.15, 0.2) is 0 Å². The number of aromatic nitrogens is 1. The average molecular weight is 915 g/mol. The number of ether oxygens (including phenoxy) is 4. The van der Waals surface area contributed by atoms with Gasteiger partial charge in [-0.3, -0.25) is 19.4 Å². The van der Waals surface area contributed by atoms with Crippen molar-refractivity contribution >= 4 is 40.9 Å². The van der Waals surface area contributed by atoms with Gasteiger partial charge in [-0.2, -0.15) is 0 Å². The van der Waals surface area contributed by atoms with E-state index in [-0.39, 0.29) is 30.9 Å². The maximum Gasteiger partial charge on any atom is 0.305 e. The zero-order valence-electron chi connectivity index (χ0n) is 37.7. The molecule has 2 aliphatic rings. The summed E-state index contributed by atoms with van der Waals surface area (Å²) in [6.07, 6.45) is 9.92. The Kier molecular flexibility index (Phi) is 19.0. The van der Waals surface area contributed by atoms with E-state index in [2.05, 4.69) is 76.2 Å². The number of nitrogens with zero attached hydrogens (tertiary/aromatic N) is 2. The Bertz CT molecular complexity index is 2350.